The molecule has 2 aliphatic rings. The molecule has 2 atom stereocenters. The fourth-order valence-corrected chi connectivity index (χ4v) is 3.67. The van der Waals surface area contributed by atoms with Crippen LogP contribution in [0.25, 0.3) is 0 Å². The van der Waals surface area contributed by atoms with Gasteiger partial charge in [-0.15, -0.1) is 0 Å². The highest BCUT2D eigenvalue weighted by Crippen LogP contribution is 2.44. The Hall–Kier alpha value is -4.52. The van der Waals surface area contributed by atoms with Crippen LogP contribution in [-0.4, -0.2) is 71.6 Å². The number of phenols is 1. The molecule has 0 saturated carbocycles. The number of carboxylic acid groups (broad SMARTS) is 1. The summed E-state index contributed by atoms with van der Waals surface area (Å²) in [6.07, 6.45) is -1.06. The van der Waals surface area contributed by atoms with Gasteiger partial charge >= 0.3 is 5.97 Å². The van der Waals surface area contributed by atoms with Crippen LogP contribution in [0.1, 0.15) is 28.4 Å². The highest BCUT2D eigenvalue weighted by Gasteiger charge is 2.27. The fraction of sp³-hybridized carbons (Fsp3) is 0.304. The average molecular weight is 499 g/mol. The number of hydrogen-bond acceptors (Lipinski definition) is 10. The first kappa shape index (κ1) is 24.6. The number of guanidine groups is 1. The molecule has 2 unspecified atom stereocenters. The number of carbonyl (C=O) groups excluding carboxylic acids is 2. The van der Waals surface area contributed by atoms with Crippen LogP contribution < -0.4 is 30.7 Å². The van der Waals surface area contributed by atoms with Crippen molar-refractivity contribution in [2.24, 2.45) is 4.99 Å². The zero-order valence-electron chi connectivity index (χ0n) is 19.0. The Bertz CT molecular complexity index is 1200. The van der Waals surface area contributed by atoms with E-state index in [0.29, 0.717) is 23.9 Å². The van der Waals surface area contributed by atoms with E-state index in [1.807, 2.05) is 0 Å². The van der Waals surface area contributed by atoms with Crippen LogP contribution in [0.2, 0.25) is 0 Å². The SMILES string of the molecule is O=C(O)CC(NC(=O)CNC(=O)c1cccc(NC2=NCC(O)CN2)c1)c1ccc2c(c1O)OCO2. The highest BCUT2D eigenvalue weighted by atomic mass is 16.7. The minimum Gasteiger partial charge on any atom is -0.504 e. The van der Waals surface area contributed by atoms with Gasteiger partial charge in [0.05, 0.1) is 31.7 Å². The van der Waals surface area contributed by atoms with E-state index in [4.69, 9.17) is 9.47 Å². The molecule has 2 aromatic carbocycles. The summed E-state index contributed by atoms with van der Waals surface area (Å²) in [5.41, 5.74) is 1.00. The third-order valence-electron chi connectivity index (χ3n) is 5.40. The van der Waals surface area contributed by atoms with Crippen molar-refractivity contribution in [3.63, 3.8) is 0 Å². The molecule has 13 nitrogen and oxygen atoms in total. The van der Waals surface area contributed by atoms with E-state index in [9.17, 15) is 29.7 Å². The van der Waals surface area contributed by atoms with Crippen LogP contribution in [0, 0.1) is 0 Å². The predicted molar refractivity (Wildman–Crippen MR) is 126 cm³/mol. The number of nitrogens with zero attached hydrogens (tertiary/aromatic N) is 1. The Kier molecular flexibility index (Phi) is 7.39. The molecule has 13 heteroatoms. The number of ether oxygens (including phenoxy) is 2. The number of aliphatic hydroxyl groups is 1. The molecule has 36 heavy (non-hydrogen) atoms. The third-order valence-corrected chi connectivity index (χ3v) is 5.40. The van der Waals surface area contributed by atoms with Crippen LogP contribution >= 0.6 is 0 Å². The number of fused-ring (bicyclic) bond motifs is 1. The van der Waals surface area contributed by atoms with Gasteiger partial charge in [0.2, 0.25) is 18.4 Å². The number of rotatable bonds is 8. The molecule has 0 radical (unpaired) electrons. The first-order valence-electron chi connectivity index (χ1n) is 11.0. The number of aliphatic carboxylic acids is 1. The van der Waals surface area contributed by atoms with E-state index in [1.165, 1.54) is 12.1 Å². The van der Waals surface area contributed by atoms with E-state index in [0.717, 1.165) is 0 Å². The number of carbonyl (C=O) groups is 3. The third kappa shape index (κ3) is 5.93. The van der Waals surface area contributed by atoms with Gasteiger partial charge in [-0.25, -0.2) is 0 Å². The Morgan fingerprint density at radius 2 is 2.03 bits per heavy atom. The van der Waals surface area contributed by atoms with Crippen LogP contribution in [0.5, 0.6) is 17.2 Å². The smallest absolute Gasteiger partial charge is 0.305 e. The summed E-state index contributed by atoms with van der Waals surface area (Å²) in [5.74, 6) is -1.85. The van der Waals surface area contributed by atoms with Crippen LogP contribution in [-0.2, 0) is 9.59 Å². The molecular weight excluding hydrogens is 474 g/mol. The lowest BCUT2D eigenvalue weighted by Gasteiger charge is -2.20. The maximum absolute atomic E-state index is 12.6. The number of carboxylic acids is 1. The Morgan fingerprint density at radius 1 is 1.19 bits per heavy atom. The van der Waals surface area contributed by atoms with Crippen molar-refractivity contribution in [3.8, 4) is 17.2 Å². The highest BCUT2D eigenvalue weighted by molar-refractivity contribution is 5.99. The summed E-state index contributed by atoms with van der Waals surface area (Å²) in [6.45, 7) is 0.106. The largest absolute Gasteiger partial charge is 0.504 e. The fourth-order valence-electron chi connectivity index (χ4n) is 3.67. The van der Waals surface area contributed by atoms with Crippen molar-refractivity contribution in [1.29, 1.82) is 0 Å². The normalized spacial score (nSPS) is 16.8. The number of aliphatic imine (C=N–C) groups is 1. The van der Waals surface area contributed by atoms with E-state index in [2.05, 4.69) is 26.3 Å². The standard InChI is InChI=1S/C23H25N5O8/c29-14-8-25-23(26-9-14)27-13-3-1-2-12(6-13)22(34)24-10-18(30)28-16(7-19(31)32)15-4-5-17-21(20(15)33)36-11-35-17/h1-6,14,16,29,33H,7-11H2,(H,24,34)(H,28,30)(H,31,32)(H2,25,26,27). The molecular formula is C23H25N5O8. The maximum Gasteiger partial charge on any atom is 0.305 e. The van der Waals surface area contributed by atoms with Gasteiger partial charge < -0.3 is 46.1 Å². The number of anilines is 1. The number of β-amino-alcohol motifs (C(OH)–C–C–N with tert-alkyl or cyclic N) is 1. The second-order valence-electron chi connectivity index (χ2n) is 8.07. The van der Waals surface area contributed by atoms with Crippen molar-refractivity contribution in [2.75, 3.05) is 31.7 Å². The van der Waals surface area contributed by atoms with Gasteiger partial charge in [0.1, 0.15) is 0 Å². The maximum atomic E-state index is 12.6. The Morgan fingerprint density at radius 3 is 2.78 bits per heavy atom. The number of aromatic hydroxyl groups is 1. The number of hydrogen-bond donors (Lipinski definition) is 7. The molecule has 0 aliphatic carbocycles. The molecule has 0 bridgehead atoms. The molecule has 2 amide bonds. The molecule has 2 aliphatic heterocycles. The van der Waals surface area contributed by atoms with Gasteiger partial charge in [-0.1, -0.05) is 6.07 Å². The molecule has 0 aromatic heterocycles. The summed E-state index contributed by atoms with van der Waals surface area (Å²) < 4.78 is 10.4. The zero-order chi connectivity index (χ0) is 25.7. The monoisotopic (exact) mass is 499 g/mol. The molecule has 0 fully saturated rings. The van der Waals surface area contributed by atoms with Crippen LogP contribution in [0.15, 0.2) is 41.4 Å². The van der Waals surface area contributed by atoms with Gasteiger partial charge in [-0.05, 0) is 30.3 Å². The summed E-state index contributed by atoms with van der Waals surface area (Å²) >= 11 is 0. The van der Waals surface area contributed by atoms with E-state index in [1.54, 1.807) is 24.3 Å². The van der Waals surface area contributed by atoms with E-state index >= 15 is 0 Å². The molecule has 0 spiro atoms. The Balaban J connectivity index is 1.36. The summed E-state index contributed by atoms with van der Waals surface area (Å²) in [4.78, 5) is 40.6. The lowest BCUT2D eigenvalue weighted by molar-refractivity contribution is -0.137. The first-order valence-corrected chi connectivity index (χ1v) is 11.0. The second-order valence-corrected chi connectivity index (χ2v) is 8.07. The van der Waals surface area contributed by atoms with Gasteiger partial charge in [0, 0.05) is 23.4 Å². The number of benzene rings is 2. The van der Waals surface area contributed by atoms with Crippen molar-refractivity contribution < 1.29 is 39.2 Å². The minimum absolute atomic E-state index is 0.0736. The van der Waals surface area contributed by atoms with Crippen LogP contribution in [0.3, 0.4) is 0 Å². The first-order chi connectivity index (χ1) is 17.3. The second kappa shape index (κ2) is 10.8. The zero-order valence-corrected chi connectivity index (χ0v) is 19.0. The quantitative estimate of drug-likeness (QED) is 0.258. The van der Waals surface area contributed by atoms with Gasteiger partial charge in [0.15, 0.2) is 17.5 Å². The topological polar surface area (TPSA) is 191 Å². The predicted octanol–water partition coefficient (Wildman–Crippen LogP) is -0.0851. The number of nitrogens with one attached hydrogen (secondary N) is 4. The van der Waals surface area contributed by atoms with E-state index < -0.39 is 42.9 Å². The van der Waals surface area contributed by atoms with Gasteiger partial charge in [-0.2, -0.15) is 0 Å². The number of aliphatic hydroxyl groups excluding tert-OH is 1. The lowest BCUT2D eigenvalue weighted by atomic mass is 10.0. The molecule has 190 valence electrons. The van der Waals surface area contributed by atoms with Crippen molar-refractivity contribution >= 4 is 29.4 Å². The summed E-state index contributed by atoms with van der Waals surface area (Å²) in [5, 5.41) is 40.2. The number of amides is 2. The molecule has 0 saturated heterocycles. The molecule has 4 rings (SSSR count). The van der Waals surface area contributed by atoms with Crippen molar-refractivity contribution in [1.82, 2.24) is 16.0 Å². The van der Waals surface area contributed by atoms with Gasteiger partial charge in [0.25, 0.3) is 5.91 Å². The summed E-state index contributed by atoms with van der Waals surface area (Å²) in [6, 6.07) is 8.40. The Labute approximate surface area is 205 Å². The van der Waals surface area contributed by atoms with Crippen LogP contribution in [0.4, 0.5) is 5.69 Å². The lowest BCUT2D eigenvalue weighted by Crippen LogP contribution is -2.42. The minimum atomic E-state index is -1.20. The molecule has 2 heterocycles. The van der Waals surface area contributed by atoms with Crippen molar-refractivity contribution in [2.45, 2.75) is 18.6 Å². The molecule has 2 aromatic rings. The van der Waals surface area contributed by atoms with E-state index in [-0.39, 0.29) is 36.0 Å². The molecule has 7 N–H and O–H groups in total. The average Bonchev–Trinajstić information content (AvgIpc) is 3.34. The van der Waals surface area contributed by atoms with Gasteiger partial charge in [-0.3, -0.25) is 19.4 Å². The number of phenolic OH excluding ortho intramolecular Hbond substituents is 1. The summed E-state index contributed by atoms with van der Waals surface area (Å²) in [7, 11) is 0. The van der Waals surface area contributed by atoms with Crippen molar-refractivity contribution in [3.05, 3.63) is 47.5 Å².